The molecule has 1 aromatic heterocycles. The van der Waals surface area contributed by atoms with Crippen LogP contribution in [0.25, 0.3) is 0 Å². The van der Waals surface area contributed by atoms with Gasteiger partial charge in [0.05, 0.1) is 12.2 Å². The molecular weight excluding hydrogens is 268 g/mol. The van der Waals surface area contributed by atoms with Crippen molar-refractivity contribution in [3.05, 3.63) is 0 Å². The van der Waals surface area contributed by atoms with E-state index in [1.807, 2.05) is 19.0 Å². The van der Waals surface area contributed by atoms with Gasteiger partial charge < -0.3 is 19.9 Å². The zero-order valence-electron chi connectivity index (χ0n) is 13.7. The first kappa shape index (κ1) is 15.8. The summed E-state index contributed by atoms with van der Waals surface area (Å²) in [7, 11) is 3.87. The fourth-order valence-corrected chi connectivity index (χ4v) is 2.20. The molecule has 118 valence electrons. The van der Waals surface area contributed by atoms with Crippen LogP contribution in [0.15, 0.2) is 0 Å². The van der Waals surface area contributed by atoms with Crippen molar-refractivity contribution in [2.45, 2.75) is 32.8 Å². The summed E-state index contributed by atoms with van der Waals surface area (Å²) in [4.78, 5) is 17.6. The van der Waals surface area contributed by atoms with Crippen molar-refractivity contribution < 1.29 is 4.74 Å². The molecular formula is C14H26N6O. The monoisotopic (exact) mass is 294 g/mol. The second-order valence-corrected chi connectivity index (χ2v) is 6.11. The fraction of sp³-hybridized carbons (Fsp3) is 0.786. The first-order chi connectivity index (χ1) is 9.91. The molecule has 0 atom stereocenters. The molecule has 0 amide bonds. The molecule has 0 saturated carbocycles. The van der Waals surface area contributed by atoms with Crippen molar-refractivity contribution in [3.8, 4) is 0 Å². The maximum absolute atomic E-state index is 5.75. The number of hydrogen-bond acceptors (Lipinski definition) is 7. The Hall–Kier alpha value is -1.63. The fourth-order valence-electron chi connectivity index (χ4n) is 2.20. The molecule has 7 heteroatoms. The first-order valence-corrected chi connectivity index (χ1v) is 7.47. The molecule has 0 bridgehead atoms. The van der Waals surface area contributed by atoms with Gasteiger partial charge in [0.1, 0.15) is 0 Å². The average molecular weight is 294 g/mol. The highest BCUT2D eigenvalue weighted by molar-refractivity contribution is 5.45. The Morgan fingerprint density at radius 1 is 1.29 bits per heavy atom. The third-order valence-electron chi connectivity index (χ3n) is 3.25. The van der Waals surface area contributed by atoms with E-state index in [-0.39, 0.29) is 5.60 Å². The number of nitrogens with zero attached hydrogens (tertiary/aromatic N) is 5. The summed E-state index contributed by atoms with van der Waals surface area (Å²) in [6, 6.07) is 0. The molecule has 0 aromatic carbocycles. The van der Waals surface area contributed by atoms with Crippen LogP contribution < -0.4 is 15.1 Å². The van der Waals surface area contributed by atoms with Gasteiger partial charge in [-0.05, 0) is 20.3 Å². The van der Waals surface area contributed by atoms with E-state index >= 15 is 0 Å². The van der Waals surface area contributed by atoms with Crippen molar-refractivity contribution in [1.29, 1.82) is 0 Å². The second-order valence-electron chi connectivity index (χ2n) is 6.11. The lowest BCUT2D eigenvalue weighted by Gasteiger charge is -2.38. The zero-order valence-corrected chi connectivity index (χ0v) is 13.7. The van der Waals surface area contributed by atoms with Crippen molar-refractivity contribution in [1.82, 2.24) is 15.0 Å². The molecule has 1 fully saturated rings. The Morgan fingerprint density at radius 3 is 2.67 bits per heavy atom. The number of aromatic nitrogens is 3. The topological polar surface area (TPSA) is 66.4 Å². The number of anilines is 3. The molecule has 0 radical (unpaired) electrons. The molecule has 2 rings (SSSR count). The van der Waals surface area contributed by atoms with Crippen LogP contribution in [0.4, 0.5) is 17.8 Å². The van der Waals surface area contributed by atoms with Crippen LogP contribution in [0, 0.1) is 0 Å². The van der Waals surface area contributed by atoms with Crippen LogP contribution in [0.1, 0.15) is 27.2 Å². The van der Waals surface area contributed by atoms with Gasteiger partial charge in [-0.3, -0.25) is 0 Å². The predicted molar refractivity (Wildman–Crippen MR) is 85.2 cm³/mol. The lowest BCUT2D eigenvalue weighted by Crippen LogP contribution is -2.49. The Labute approximate surface area is 126 Å². The van der Waals surface area contributed by atoms with Gasteiger partial charge in [0.2, 0.25) is 17.8 Å². The number of morpholine rings is 1. The van der Waals surface area contributed by atoms with Crippen molar-refractivity contribution in [3.63, 3.8) is 0 Å². The van der Waals surface area contributed by atoms with E-state index < -0.39 is 0 Å². The summed E-state index contributed by atoms with van der Waals surface area (Å²) >= 11 is 0. The molecule has 0 spiro atoms. The van der Waals surface area contributed by atoms with E-state index in [1.165, 1.54) is 0 Å². The summed E-state index contributed by atoms with van der Waals surface area (Å²) in [5.74, 6) is 2.02. The Morgan fingerprint density at radius 2 is 2.05 bits per heavy atom. The van der Waals surface area contributed by atoms with Gasteiger partial charge in [0, 0.05) is 33.7 Å². The van der Waals surface area contributed by atoms with Crippen LogP contribution in [-0.2, 0) is 4.74 Å². The van der Waals surface area contributed by atoms with Crippen LogP contribution in [-0.4, -0.2) is 60.9 Å². The van der Waals surface area contributed by atoms with Gasteiger partial charge in [0.25, 0.3) is 0 Å². The van der Waals surface area contributed by atoms with Gasteiger partial charge in [-0.1, -0.05) is 6.92 Å². The van der Waals surface area contributed by atoms with Crippen LogP contribution >= 0.6 is 0 Å². The summed E-state index contributed by atoms with van der Waals surface area (Å²) in [6.07, 6.45) is 1.03. The minimum absolute atomic E-state index is 0.180. The highest BCUT2D eigenvalue weighted by Crippen LogP contribution is 2.22. The maximum atomic E-state index is 5.75. The standard InChI is InChI=1S/C14H26N6O/c1-6-7-15-11-16-12(19(4)5)18-13(17-11)20-8-9-21-14(2,3)10-20/h6-10H2,1-5H3,(H,15,16,17,18). The Balaban J connectivity index is 2.26. The summed E-state index contributed by atoms with van der Waals surface area (Å²) < 4.78 is 5.75. The first-order valence-electron chi connectivity index (χ1n) is 7.47. The van der Waals surface area contributed by atoms with E-state index in [0.717, 1.165) is 26.1 Å². The quantitative estimate of drug-likeness (QED) is 0.880. The molecule has 1 aliphatic heterocycles. The third kappa shape index (κ3) is 4.17. The smallest absolute Gasteiger partial charge is 0.232 e. The third-order valence-corrected chi connectivity index (χ3v) is 3.25. The second kappa shape index (κ2) is 6.43. The lowest BCUT2D eigenvalue weighted by atomic mass is 10.1. The molecule has 0 aliphatic carbocycles. The zero-order chi connectivity index (χ0) is 15.5. The SMILES string of the molecule is CCCNc1nc(N(C)C)nc(N2CCOC(C)(C)C2)n1. The number of hydrogen-bond donors (Lipinski definition) is 1. The molecule has 2 heterocycles. The maximum Gasteiger partial charge on any atom is 0.232 e. The summed E-state index contributed by atoms with van der Waals surface area (Å²) in [5.41, 5.74) is -0.180. The van der Waals surface area contributed by atoms with E-state index in [4.69, 9.17) is 4.74 Å². The largest absolute Gasteiger partial charge is 0.372 e. The molecule has 1 N–H and O–H groups in total. The minimum Gasteiger partial charge on any atom is -0.372 e. The van der Waals surface area contributed by atoms with Crippen molar-refractivity contribution in [2.24, 2.45) is 0 Å². The highest BCUT2D eigenvalue weighted by Gasteiger charge is 2.29. The highest BCUT2D eigenvalue weighted by atomic mass is 16.5. The average Bonchev–Trinajstić information content (AvgIpc) is 2.43. The van der Waals surface area contributed by atoms with Crippen molar-refractivity contribution >= 4 is 17.8 Å². The molecule has 7 nitrogen and oxygen atoms in total. The molecule has 1 aromatic rings. The van der Waals surface area contributed by atoms with E-state index in [2.05, 4.69) is 45.9 Å². The molecule has 1 aliphatic rings. The van der Waals surface area contributed by atoms with Gasteiger partial charge in [-0.2, -0.15) is 15.0 Å². The number of rotatable bonds is 5. The van der Waals surface area contributed by atoms with E-state index in [9.17, 15) is 0 Å². The summed E-state index contributed by atoms with van der Waals surface area (Å²) in [6.45, 7) is 9.41. The van der Waals surface area contributed by atoms with Gasteiger partial charge in [-0.15, -0.1) is 0 Å². The van der Waals surface area contributed by atoms with Gasteiger partial charge in [-0.25, -0.2) is 0 Å². The lowest BCUT2D eigenvalue weighted by molar-refractivity contribution is -0.0281. The van der Waals surface area contributed by atoms with Crippen molar-refractivity contribution in [2.75, 3.05) is 55.5 Å². The summed E-state index contributed by atoms with van der Waals surface area (Å²) in [5, 5.41) is 3.24. The van der Waals surface area contributed by atoms with Crippen LogP contribution in [0.2, 0.25) is 0 Å². The van der Waals surface area contributed by atoms with Gasteiger partial charge >= 0.3 is 0 Å². The van der Waals surface area contributed by atoms with E-state index in [0.29, 0.717) is 24.5 Å². The number of nitrogens with one attached hydrogen (secondary N) is 1. The van der Waals surface area contributed by atoms with E-state index in [1.54, 1.807) is 0 Å². The minimum atomic E-state index is -0.180. The molecule has 21 heavy (non-hydrogen) atoms. The van der Waals surface area contributed by atoms with Crippen LogP contribution in [0.3, 0.4) is 0 Å². The molecule has 1 saturated heterocycles. The normalized spacial score (nSPS) is 17.7. The number of ether oxygens (including phenoxy) is 1. The molecule has 0 unspecified atom stereocenters. The predicted octanol–water partition coefficient (Wildman–Crippen LogP) is 1.37. The van der Waals surface area contributed by atoms with Crippen LogP contribution in [0.5, 0.6) is 0 Å². The Bertz CT molecular complexity index is 477. The van der Waals surface area contributed by atoms with Gasteiger partial charge in [0.15, 0.2) is 0 Å². The Kier molecular flexibility index (Phi) is 4.82.